The largest absolute Gasteiger partial charge is 0.386 e. The molecule has 106 valence electrons. The van der Waals surface area contributed by atoms with Crippen molar-refractivity contribution in [3.05, 3.63) is 22.4 Å². The molecule has 4 heteroatoms. The Labute approximate surface area is 119 Å². The van der Waals surface area contributed by atoms with Crippen molar-refractivity contribution in [1.82, 2.24) is 5.32 Å². The molecule has 1 fully saturated rings. The summed E-state index contributed by atoms with van der Waals surface area (Å²) in [7, 11) is 0. The molecule has 1 atom stereocenters. The first-order chi connectivity index (χ1) is 9.03. The second-order valence-corrected chi connectivity index (χ2v) is 6.95. The first-order valence-corrected chi connectivity index (χ1v) is 7.91. The van der Waals surface area contributed by atoms with Gasteiger partial charge in [-0.3, -0.25) is 4.79 Å². The minimum absolute atomic E-state index is 0.128. The number of hydrogen-bond donors (Lipinski definition) is 2. The molecule has 0 saturated heterocycles. The Balaban J connectivity index is 1.86. The van der Waals surface area contributed by atoms with E-state index >= 15 is 0 Å². The zero-order chi connectivity index (χ0) is 13.9. The minimum Gasteiger partial charge on any atom is -0.386 e. The molecule has 0 aliphatic heterocycles. The third-order valence-corrected chi connectivity index (χ3v) is 4.89. The van der Waals surface area contributed by atoms with Gasteiger partial charge >= 0.3 is 0 Å². The summed E-state index contributed by atoms with van der Waals surface area (Å²) in [5.74, 6) is 0.663. The molecule has 19 heavy (non-hydrogen) atoms. The van der Waals surface area contributed by atoms with Gasteiger partial charge in [0.1, 0.15) is 6.10 Å². The van der Waals surface area contributed by atoms with E-state index in [1.165, 1.54) is 11.3 Å². The van der Waals surface area contributed by atoms with E-state index in [9.17, 15) is 9.90 Å². The molecule has 1 aromatic heterocycles. The van der Waals surface area contributed by atoms with Gasteiger partial charge in [-0.15, -0.1) is 11.3 Å². The van der Waals surface area contributed by atoms with E-state index in [1.807, 2.05) is 17.5 Å². The lowest BCUT2D eigenvalue weighted by molar-refractivity contribution is -0.137. The molecule has 0 aromatic carbocycles. The molecule has 0 radical (unpaired) electrons. The number of carbonyl (C=O) groups is 1. The quantitative estimate of drug-likeness (QED) is 0.841. The van der Waals surface area contributed by atoms with Crippen molar-refractivity contribution in [2.45, 2.75) is 45.6 Å². The molecule has 3 nitrogen and oxygen atoms in total. The number of hydrogen-bond acceptors (Lipinski definition) is 3. The number of amides is 1. The van der Waals surface area contributed by atoms with E-state index in [1.54, 1.807) is 0 Å². The molecule has 1 aliphatic rings. The molecule has 1 amide bonds. The van der Waals surface area contributed by atoms with Gasteiger partial charge in [0.05, 0.1) is 0 Å². The van der Waals surface area contributed by atoms with Gasteiger partial charge in [0, 0.05) is 16.8 Å². The number of aliphatic hydroxyl groups is 1. The maximum atomic E-state index is 12.3. The van der Waals surface area contributed by atoms with Crippen LogP contribution in [0.1, 0.15) is 50.5 Å². The zero-order valence-electron chi connectivity index (χ0n) is 11.7. The molecule has 0 spiro atoms. The van der Waals surface area contributed by atoms with E-state index in [0.717, 1.165) is 30.6 Å². The number of aliphatic hydroxyl groups excluding tert-OH is 1. The van der Waals surface area contributed by atoms with Crippen molar-refractivity contribution < 1.29 is 9.90 Å². The fourth-order valence-corrected chi connectivity index (χ4v) is 3.58. The van der Waals surface area contributed by atoms with Gasteiger partial charge in [0.15, 0.2) is 0 Å². The summed E-state index contributed by atoms with van der Waals surface area (Å²) in [6, 6.07) is 3.81. The van der Waals surface area contributed by atoms with Gasteiger partial charge in [0.2, 0.25) is 5.91 Å². The van der Waals surface area contributed by atoms with Crippen LogP contribution in [0.15, 0.2) is 17.5 Å². The van der Waals surface area contributed by atoms with E-state index < -0.39 is 6.10 Å². The molecule has 1 aliphatic carbocycles. The fourth-order valence-electron chi connectivity index (χ4n) is 2.87. The topological polar surface area (TPSA) is 49.3 Å². The number of nitrogens with one attached hydrogen (secondary N) is 1. The lowest BCUT2D eigenvalue weighted by atomic mass is 9.64. The van der Waals surface area contributed by atoms with Crippen LogP contribution < -0.4 is 5.32 Å². The van der Waals surface area contributed by atoms with E-state index in [-0.39, 0.29) is 11.3 Å². The molecule has 1 heterocycles. The van der Waals surface area contributed by atoms with Crippen LogP contribution in [0.4, 0.5) is 0 Å². The van der Waals surface area contributed by atoms with Gasteiger partial charge in [-0.25, -0.2) is 0 Å². The molecular formula is C15H23NO2S. The van der Waals surface area contributed by atoms with E-state index in [4.69, 9.17) is 0 Å². The van der Waals surface area contributed by atoms with Crippen LogP contribution >= 0.6 is 11.3 Å². The van der Waals surface area contributed by atoms with Gasteiger partial charge < -0.3 is 10.4 Å². The SMILES string of the molecule is CC(C)CC1(C(=O)NC[C@H](O)c2cccs2)CCC1. The number of thiophene rings is 1. The van der Waals surface area contributed by atoms with Crippen LogP contribution in [-0.4, -0.2) is 17.6 Å². The normalized spacial score (nSPS) is 18.9. The van der Waals surface area contributed by atoms with Gasteiger partial charge in [-0.1, -0.05) is 26.3 Å². The highest BCUT2D eigenvalue weighted by atomic mass is 32.1. The zero-order valence-corrected chi connectivity index (χ0v) is 12.5. The molecule has 0 bridgehead atoms. The predicted octanol–water partition coefficient (Wildman–Crippen LogP) is 3.11. The van der Waals surface area contributed by atoms with Crippen molar-refractivity contribution in [2.75, 3.05) is 6.54 Å². The Kier molecular flexibility index (Phi) is 4.63. The minimum atomic E-state index is -0.583. The Morgan fingerprint density at radius 2 is 2.26 bits per heavy atom. The van der Waals surface area contributed by atoms with Crippen molar-refractivity contribution in [2.24, 2.45) is 11.3 Å². The smallest absolute Gasteiger partial charge is 0.226 e. The fraction of sp³-hybridized carbons (Fsp3) is 0.667. The van der Waals surface area contributed by atoms with Crippen LogP contribution in [0.25, 0.3) is 0 Å². The van der Waals surface area contributed by atoms with Crippen molar-refractivity contribution in [1.29, 1.82) is 0 Å². The first-order valence-electron chi connectivity index (χ1n) is 7.03. The predicted molar refractivity (Wildman–Crippen MR) is 78.0 cm³/mol. The second kappa shape index (κ2) is 6.06. The van der Waals surface area contributed by atoms with Gasteiger partial charge in [0.25, 0.3) is 0 Å². The summed E-state index contributed by atoms with van der Waals surface area (Å²) in [6.45, 7) is 4.64. The van der Waals surface area contributed by atoms with E-state index in [0.29, 0.717) is 12.5 Å². The van der Waals surface area contributed by atoms with Crippen LogP contribution in [0.2, 0.25) is 0 Å². The molecule has 2 N–H and O–H groups in total. The van der Waals surface area contributed by atoms with Crippen LogP contribution in [-0.2, 0) is 4.79 Å². The Bertz CT molecular complexity index is 410. The van der Waals surface area contributed by atoms with Crippen molar-refractivity contribution >= 4 is 17.2 Å². The first kappa shape index (κ1) is 14.5. The maximum Gasteiger partial charge on any atom is 0.226 e. The highest BCUT2D eigenvalue weighted by Crippen LogP contribution is 2.46. The molecule has 2 rings (SSSR count). The summed E-state index contributed by atoms with van der Waals surface area (Å²) in [5.41, 5.74) is -0.163. The van der Waals surface area contributed by atoms with Crippen molar-refractivity contribution in [3.63, 3.8) is 0 Å². The van der Waals surface area contributed by atoms with Gasteiger partial charge in [-0.2, -0.15) is 0 Å². The lowest BCUT2D eigenvalue weighted by Gasteiger charge is -2.41. The average Bonchev–Trinajstić information content (AvgIpc) is 2.83. The highest BCUT2D eigenvalue weighted by Gasteiger charge is 2.44. The van der Waals surface area contributed by atoms with Gasteiger partial charge in [-0.05, 0) is 36.6 Å². The summed E-state index contributed by atoms with van der Waals surface area (Å²) >= 11 is 1.52. The number of carbonyl (C=O) groups excluding carboxylic acids is 1. The molecule has 1 saturated carbocycles. The summed E-state index contributed by atoms with van der Waals surface area (Å²) in [6.07, 6.45) is 3.50. The summed E-state index contributed by atoms with van der Waals surface area (Å²) < 4.78 is 0. The monoisotopic (exact) mass is 281 g/mol. The third kappa shape index (κ3) is 3.37. The van der Waals surface area contributed by atoms with Crippen LogP contribution in [0, 0.1) is 11.3 Å². The van der Waals surface area contributed by atoms with Crippen LogP contribution in [0.3, 0.4) is 0 Å². The Morgan fingerprint density at radius 1 is 1.53 bits per heavy atom. The highest BCUT2D eigenvalue weighted by molar-refractivity contribution is 7.10. The average molecular weight is 281 g/mol. The maximum absolute atomic E-state index is 12.3. The molecule has 1 aromatic rings. The standard InChI is InChI=1S/C15H23NO2S/c1-11(2)9-15(6-4-7-15)14(18)16-10-12(17)13-5-3-8-19-13/h3,5,8,11-12,17H,4,6-7,9-10H2,1-2H3,(H,16,18)/t12-/m0/s1. The molecule has 0 unspecified atom stereocenters. The van der Waals surface area contributed by atoms with E-state index in [2.05, 4.69) is 19.2 Å². The Morgan fingerprint density at radius 3 is 2.74 bits per heavy atom. The summed E-state index contributed by atoms with van der Waals surface area (Å²) in [5, 5.41) is 14.9. The third-order valence-electron chi connectivity index (χ3n) is 3.92. The summed E-state index contributed by atoms with van der Waals surface area (Å²) in [4.78, 5) is 13.2. The lowest BCUT2D eigenvalue weighted by Crippen LogP contribution is -2.47. The number of rotatable bonds is 6. The Hall–Kier alpha value is -0.870. The van der Waals surface area contributed by atoms with Crippen molar-refractivity contribution in [3.8, 4) is 0 Å². The molecular weight excluding hydrogens is 258 g/mol. The van der Waals surface area contributed by atoms with Crippen LogP contribution in [0.5, 0.6) is 0 Å². The second-order valence-electron chi connectivity index (χ2n) is 5.97.